The predicted molar refractivity (Wildman–Crippen MR) is 53.1 cm³/mol. The third-order valence-corrected chi connectivity index (χ3v) is 1.97. The topological polar surface area (TPSA) is 0 Å². The minimum Gasteiger partial charge on any atom is -0.0849 e. The molecule has 0 aliphatic carbocycles. The molecule has 0 aromatic heterocycles. The lowest BCUT2D eigenvalue weighted by atomic mass is 9.73. The third kappa shape index (κ3) is 2.41. The smallest absolute Gasteiger partial charge is 0.0849 e. The molecule has 0 spiro atoms. The maximum absolute atomic E-state index is 2.24. The van der Waals surface area contributed by atoms with Crippen LogP contribution in [0.5, 0.6) is 0 Å². The Morgan fingerprint density at radius 2 is 1.82 bits per heavy atom. The highest BCUT2D eigenvalue weighted by Crippen LogP contribution is 1.99. The molecule has 1 heteroatoms. The Morgan fingerprint density at radius 3 is 2.27 bits per heavy atom. The van der Waals surface area contributed by atoms with Crippen molar-refractivity contribution in [2.45, 2.75) is 26.6 Å². The van der Waals surface area contributed by atoms with E-state index in [2.05, 4.69) is 38.0 Å². The molecule has 0 aliphatic rings. The van der Waals surface area contributed by atoms with Gasteiger partial charge in [-0.2, -0.15) is 0 Å². The number of rotatable bonds is 3. The molecule has 0 N–H and O–H groups in total. The Bertz CT molecular complexity index is 201. The van der Waals surface area contributed by atoms with Crippen LogP contribution < -0.4 is 5.46 Å². The van der Waals surface area contributed by atoms with Gasteiger partial charge in [-0.05, 0) is 12.0 Å². The van der Waals surface area contributed by atoms with Crippen LogP contribution in [-0.2, 0) is 6.42 Å². The van der Waals surface area contributed by atoms with Crippen molar-refractivity contribution in [2.75, 3.05) is 0 Å². The highest BCUT2D eigenvalue weighted by atomic mass is 13.9. The number of hydrogen-bond donors (Lipinski definition) is 0. The monoisotopic (exact) mass is 146 g/mol. The summed E-state index contributed by atoms with van der Waals surface area (Å²) in [4.78, 5) is 0. The summed E-state index contributed by atoms with van der Waals surface area (Å²) in [6, 6.07) is 8.93. The molecule has 0 bridgehead atoms. The van der Waals surface area contributed by atoms with Gasteiger partial charge in [-0.3, -0.25) is 0 Å². The Hall–Kier alpha value is -0.715. The van der Waals surface area contributed by atoms with Crippen LogP contribution in [0.4, 0.5) is 0 Å². The fourth-order valence-electron chi connectivity index (χ4n) is 1.23. The summed E-state index contributed by atoms with van der Waals surface area (Å²) in [7, 11) is 1.15. The van der Waals surface area contributed by atoms with Crippen LogP contribution in [0.25, 0.3) is 0 Å². The maximum Gasteiger partial charge on any atom is 0.154 e. The number of hydrogen-bond acceptors (Lipinski definition) is 0. The zero-order valence-corrected chi connectivity index (χ0v) is 7.43. The van der Waals surface area contributed by atoms with Gasteiger partial charge in [-0.25, -0.2) is 0 Å². The van der Waals surface area contributed by atoms with Crippen LogP contribution in [0.1, 0.15) is 18.9 Å². The molecule has 58 valence electrons. The number of aryl methyl sites for hydroxylation is 1. The van der Waals surface area contributed by atoms with Gasteiger partial charge in [-0.15, -0.1) is 0 Å². The SMILES string of the molecule is CBc1ccc(CCC)cc1. The first-order valence-electron chi connectivity index (χ1n) is 4.44. The van der Waals surface area contributed by atoms with Gasteiger partial charge in [0.05, 0.1) is 0 Å². The van der Waals surface area contributed by atoms with Gasteiger partial charge in [-0.1, -0.05) is 49.9 Å². The first-order valence-corrected chi connectivity index (χ1v) is 4.44. The summed E-state index contributed by atoms with van der Waals surface area (Å²) in [6.07, 6.45) is 2.45. The van der Waals surface area contributed by atoms with Gasteiger partial charge >= 0.3 is 0 Å². The molecule has 1 aromatic carbocycles. The molecule has 11 heavy (non-hydrogen) atoms. The first-order chi connectivity index (χ1) is 5.36. The van der Waals surface area contributed by atoms with Gasteiger partial charge in [0, 0.05) is 0 Å². The minimum atomic E-state index is 1.15. The summed E-state index contributed by atoms with van der Waals surface area (Å²) in [5.74, 6) is 0. The van der Waals surface area contributed by atoms with Crippen molar-refractivity contribution in [3.63, 3.8) is 0 Å². The molecule has 0 aliphatic heterocycles. The zero-order chi connectivity index (χ0) is 8.10. The average molecular weight is 146 g/mol. The van der Waals surface area contributed by atoms with E-state index in [4.69, 9.17) is 0 Å². The molecule has 0 heterocycles. The quantitative estimate of drug-likeness (QED) is 0.570. The second kappa shape index (κ2) is 4.22. The van der Waals surface area contributed by atoms with Gasteiger partial charge < -0.3 is 0 Å². The summed E-state index contributed by atoms with van der Waals surface area (Å²) in [6.45, 7) is 4.41. The van der Waals surface area contributed by atoms with Gasteiger partial charge in [0.2, 0.25) is 0 Å². The minimum absolute atomic E-state index is 1.15. The van der Waals surface area contributed by atoms with Crippen LogP contribution in [0, 0.1) is 0 Å². The van der Waals surface area contributed by atoms with E-state index in [1.165, 1.54) is 23.9 Å². The summed E-state index contributed by atoms with van der Waals surface area (Å²) in [5, 5.41) is 0. The average Bonchev–Trinajstić information content (AvgIpc) is 2.07. The fourth-order valence-corrected chi connectivity index (χ4v) is 1.23. The normalized spacial score (nSPS) is 9.64. The van der Waals surface area contributed by atoms with E-state index in [1.807, 2.05) is 0 Å². The van der Waals surface area contributed by atoms with E-state index >= 15 is 0 Å². The molecule has 1 aromatic rings. The van der Waals surface area contributed by atoms with Crippen LogP contribution in [0.2, 0.25) is 6.82 Å². The van der Waals surface area contributed by atoms with E-state index in [1.54, 1.807) is 0 Å². The highest BCUT2D eigenvalue weighted by molar-refractivity contribution is 6.51. The largest absolute Gasteiger partial charge is 0.154 e. The molecule has 0 unspecified atom stereocenters. The van der Waals surface area contributed by atoms with Crippen molar-refractivity contribution in [3.8, 4) is 0 Å². The highest BCUT2D eigenvalue weighted by Gasteiger charge is 1.91. The first kappa shape index (κ1) is 8.38. The van der Waals surface area contributed by atoms with E-state index in [9.17, 15) is 0 Å². The van der Waals surface area contributed by atoms with Crippen molar-refractivity contribution in [1.82, 2.24) is 0 Å². The molecule has 0 saturated carbocycles. The van der Waals surface area contributed by atoms with Gasteiger partial charge in [0.1, 0.15) is 0 Å². The molecule has 0 radical (unpaired) electrons. The second-order valence-electron chi connectivity index (χ2n) is 2.92. The lowest BCUT2D eigenvalue weighted by Gasteiger charge is -1.99. The lowest BCUT2D eigenvalue weighted by molar-refractivity contribution is 0.922. The standard InChI is InChI=1S/C10H15B/c1-3-4-9-5-7-10(11-2)8-6-9/h5-8,11H,3-4H2,1-2H3. The summed E-state index contributed by atoms with van der Waals surface area (Å²) >= 11 is 0. The van der Waals surface area contributed by atoms with E-state index < -0.39 is 0 Å². The Morgan fingerprint density at radius 1 is 1.18 bits per heavy atom. The summed E-state index contributed by atoms with van der Waals surface area (Å²) in [5.41, 5.74) is 2.90. The van der Waals surface area contributed by atoms with Crippen LogP contribution in [0.3, 0.4) is 0 Å². The van der Waals surface area contributed by atoms with Gasteiger partial charge in [0.25, 0.3) is 0 Å². The zero-order valence-electron chi connectivity index (χ0n) is 7.43. The van der Waals surface area contributed by atoms with Crippen molar-refractivity contribution in [2.24, 2.45) is 0 Å². The molecule has 0 nitrogen and oxygen atoms in total. The van der Waals surface area contributed by atoms with Crippen molar-refractivity contribution in [1.29, 1.82) is 0 Å². The third-order valence-electron chi connectivity index (χ3n) is 1.97. The van der Waals surface area contributed by atoms with E-state index in [-0.39, 0.29) is 0 Å². The molecule has 0 fully saturated rings. The molecule has 0 saturated heterocycles. The Kier molecular flexibility index (Phi) is 3.22. The van der Waals surface area contributed by atoms with E-state index in [0.717, 1.165) is 7.28 Å². The fraction of sp³-hybridized carbons (Fsp3) is 0.400. The number of benzene rings is 1. The lowest BCUT2D eigenvalue weighted by Crippen LogP contribution is -2.09. The maximum atomic E-state index is 2.24. The summed E-state index contributed by atoms with van der Waals surface area (Å²) < 4.78 is 0. The van der Waals surface area contributed by atoms with Crippen molar-refractivity contribution >= 4 is 12.7 Å². The van der Waals surface area contributed by atoms with Crippen molar-refractivity contribution in [3.05, 3.63) is 29.8 Å². The second-order valence-corrected chi connectivity index (χ2v) is 2.92. The van der Waals surface area contributed by atoms with Crippen molar-refractivity contribution < 1.29 is 0 Å². The van der Waals surface area contributed by atoms with Gasteiger partial charge in [0.15, 0.2) is 7.28 Å². The molecule has 1 rings (SSSR count). The molecule has 0 atom stereocenters. The van der Waals surface area contributed by atoms with Crippen LogP contribution in [-0.4, -0.2) is 7.28 Å². The molecular formula is C10H15B. The predicted octanol–water partition coefficient (Wildman–Crippen LogP) is 1.75. The Labute approximate surface area is 69.9 Å². The molecular weight excluding hydrogens is 131 g/mol. The van der Waals surface area contributed by atoms with Crippen LogP contribution >= 0.6 is 0 Å². The molecule has 0 amide bonds. The van der Waals surface area contributed by atoms with Crippen LogP contribution in [0.15, 0.2) is 24.3 Å². The van der Waals surface area contributed by atoms with E-state index in [0.29, 0.717) is 0 Å². The Balaban J connectivity index is 2.66.